The largest absolute Gasteiger partial charge is 0.545 e. The number of carboxylic acids is 1. The van der Waals surface area contributed by atoms with Gasteiger partial charge in [-0.25, -0.2) is 0 Å². The van der Waals surface area contributed by atoms with Crippen LogP contribution in [0.25, 0.3) is 0 Å². The molecule has 0 spiro atoms. The van der Waals surface area contributed by atoms with Crippen molar-refractivity contribution in [2.24, 2.45) is 0 Å². The summed E-state index contributed by atoms with van der Waals surface area (Å²) in [7, 11) is 0. The third-order valence-corrected chi connectivity index (χ3v) is 3.42. The lowest BCUT2D eigenvalue weighted by molar-refractivity contribution is -0.898. The summed E-state index contributed by atoms with van der Waals surface area (Å²) in [6, 6.07) is 6.37. The van der Waals surface area contributed by atoms with E-state index in [1.54, 1.807) is 17.0 Å². The maximum atomic E-state index is 10.6. The van der Waals surface area contributed by atoms with E-state index in [0.29, 0.717) is 12.4 Å². The van der Waals surface area contributed by atoms with Crippen LogP contribution in [0.15, 0.2) is 24.3 Å². The first-order chi connectivity index (χ1) is 9.67. The van der Waals surface area contributed by atoms with Crippen LogP contribution in [-0.2, 0) is 0 Å². The zero-order valence-electron chi connectivity index (χ0n) is 12.5. The normalized spacial score (nSPS) is 12.1. The van der Waals surface area contributed by atoms with Gasteiger partial charge in [-0.3, -0.25) is 0 Å². The molecule has 0 heterocycles. The first kappa shape index (κ1) is 16.5. The number of rotatable bonds is 10. The standard InChI is InChI=1S/C16H25NO3/c1-3-5-11-17(4-2)12-6-13-20-15-9-7-14(8-10-15)16(18)19/h7-10H,3-6,11-13H2,1-2H3,(H,18,19). The Labute approximate surface area is 121 Å². The number of hydrogen-bond donors (Lipinski definition) is 1. The van der Waals surface area contributed by atoms with Crippen LogP contribution in [0.5, 0.6) is 5.75 Å². The predicted octanol–water partition coefficient (Wildman–Crippen LogP) is 0.524. The molecule has 0 aliphatic carbocycles. The van der Waals surface area contributed by atoms with Gasteiger partial charge in [-0.15, -0.1) is 0 Å². The van der Waals surface area contributed by atoms with Crippen molar-refractivity contribution in [2.45, 2.75) is 33.1 Å². The summed E-state index contributed by atoms with van der Waals surface area (Å²) < 4.78 is 5.61. The first-order valence-corrected chi connectivity index (χ1v) is 7.45. The monoisotopic (exact) mass is 279 g/mol. The molecule has 1 unspecified atom stereocenters. The number of hydrogen-bond acceptors (Lipinski definition) is 3. The van der Waals surface area contributed by atoms with E-state index >= 15 is 0 Å². The Morgan fingerprint density at radius 1 is 1.15 bits per heavy atom. The van der Waals surface area contributed by atoms with Gasteiger partial charge in [0.2, 0.25) is 0 Å². The molecular formula is C16H25NO3. The molecule has 1 atom stereocenters. The fraction of sp³-hybridized carbons (Fsp3) is 0.562. The van der Waals surface area contributed by atoms with Crippen molar-refractivity contribution in [2.75, 3.05) is 26.2 Å². The summed E-state index contributed by atoms with van der Waals surface area (Å²) in [5.41, 5.74) is 0.179. The van der Waals surface area contributed by atoms with Crippen molar-refractivity contribution >= 4 is 5.97 Å². The maximum absolute atomic E-state index is 10.6. The van der Waals surface area contributed by atoms with E-state index < -0.39 is 5.97 Å². The van der Waals surface area contributed by atoms with E-state index in [0.717, 1.165) is 19.5 Å². The summed E-state index contributed by atoms with van der Waals surface area (Å²) >= 11 is 0. The lowest BCUT2D eigenvalue weighted by atomic mass is 10.2. The number of benzene rings is 1. The van der Waals surface area contributed by atoms with Crippen LogP contribution >= 0.6 is 0 Å². The third kappa shape index (κ3) is 6.06. The molecule has 4 heteroatoms. The van der Waals surface area contributed by atoms with E-state index in [1.165, 1.54) is 31.5 Å². The highest BCUT2D eigenvalue weighted by atomic mass is 16.5. The molecule has 0 radical (unpaired) electrons. The van der Waals surface area contributed by atoms with Gasteiger partial charge in [0.15, 0.2) is 0 Å². The Balaban J connectivity index is 2.24. The van der Waals surface area contributed by atoms with Crippen molar-refractivity contribution in [3.8, 4) is 5.75 Å². The molecule has 112 valence electrons. The van der Waals surface area contributed by atoms with E-state index in [-0.39, 0.29) is 5.56 Å². The van der Waals surface area contributed by atoms with Crippen LogP contribution in [0.3, 0.4) is 0 Å². The summed E-state index contributed by atoms with van der Waals surface area (Å²) in [6.45, 7) is 8.60. The number of nitrogens with one attached hydrogen (secondary N) is 1. The summed E-state index contributed by atoms with van der Waals surface area (Å²) in [6.07, 6.45) is 3.52. The smallest absolute Gasteiger partial charge is 0.119 e. The Kier molecular flexibility index (Phi) is 7.73. The molecule has 1 N–H and O–H groups in total. The highest BCUT2D eigenvalue weighted by Crippen LogP contribution is 2.11. The van der Waals surface area contributed by atoms with Crippen LogP contribution in [0, 0.1) is 0 Å². The van der Waals surface area contributed by atoms with Crippen molar-refractivity contribution in [3.63, 3.8) is 0 Å². The Hall–Kier alpha value is -1.55. The van der Waals surface area contributed by atoms with E-state index in [1.807, 2.05) is 0 Å². The number of aromatic carboxylic acids is 1. The lowest BCUT2D eigenvalue weighted by Crippen LogP contribution is -3.11. The van der Waals surface area contributed by atoms with Crippen LogP contribution in [0.1, 0.15) is 43.5 Å². The fourth-order valence-corrected chi connectivity index (χ4v) is 2.10. The van der Waals surface area contributed by atoms with Gasteiger partial charge < -0.3 is 19.5 Å². The van der Waals surface area contributed by atoms with Gasteiger partial charge in [-0.1, -0.05) is 13.3 Å². The Morgan fingerprint density at radius 3 is 2.35 bits per heavy atom. The molecule has 0 aliphatic rings. The third-order valence-electron chi connectivity index (χ3n) is 3.42. The highest BCUT2D eigenvalue weighted by molar-refractivity contribution is 5.85. The second-order valence-corrected chi connectivity index (χ2v) is 4.97. The van der Waals surface area contributed by atoms with Crippen LogP contribution < -0.4 is 14.7 Å². The zero-order valence-corrected chi connectivity index (χ0v) is 12.5. The number of quaternary nitrogens is 1. The first-order valence-electron chi connectivity index (χ1n) is 7.45. The average molecular weight is 279 g/mol. The van der Waals surface area contributed by atoms with Gasteiger partial charge >= 0.3 is 0 Å². The van der Waals surface area contributed by atoms with Gasteiger partial charge in [-0.05, 0) is 43.2 Å². The van der Waals surface area contributed by atoms with E-state index in [9.17, 15) is 9.90 Å². The molecule has 1 aromatic carbocycles. The minimum Gasteiger partial charge on any atom is -0.545 e. The van der Waals surface area contributed by atoms with Crippen molar-refractivity contribution in [1.29, 1.82) is 0 Å². The van der Waals surface area contributed by atoms with Gasteiger partial charge in [0.1, 0.15) is 5.75 Å². The number of carbonyl (C=O) groups excluding carboxylic acids is 1. The second kappa shape index (κ2) is 9.37. The van der Waals surface area contributed by atoms with Gasteiger partial charge in [0, 0.05) is 6.42 Å². The zero-order chi connectivity index (χ0) is 14.8. The Morgan fingerprint density at radius 2 is 1.80 bits per heavy atom. The predicted molar refractivity (Wildman–Crippen MR) is 77.0 cm³/mol. The maximum Gasteiger partial charge on any atom is 0.119 e. The van der Waals surface area contributed by atoms with Crippen molar-refractivity contribution in [1.82, 2.24) is 0 Å². The Bertz CT molecular complexity index is 389. The second-order valence-electron chi connectivity index (χ2n) is 4.97. The molecule has 0 saturated heterocycles. The number of ether oxygens (including phenoxy) is 1. The minimum atomic E-state index is -1.16. The lowest BCUT2D eigenvalue weighted by Gasteiger charge is -2.17. The molecule has 0 aliphatic heterocycles. The number of carbonyl (C=O) groups is 1. The fourth-order valence-electron chi connectivity index (χ4n) is 2.10. The molecule has 0 fully saturated rings. The SMILES string of the molecule is CCCC[NH+](CC)CCCOc1ccc(C(=O)[O-])cc1. The van der Waals surface area contributed by atoms with Gasteiger partial charge in [-0.2, -0.15) is 0 Å². The van der Waals surface area contributed by atoms with E-state index in [2.05, 4.69) is 13.8 Å². The molecule has 1 rings (SSSR count). The topological polar surface area (TPSA) is 53.8 Å². The van der Waals surface area contributed by atoms with Crippen LogP contribution in [0.2, 0.25) is 0 Å². The molecule has 0 amide bonds. The van der Waals surface area contributed by atoms with Crippen LogP contribution in [-0.4, -0.2) is 32.2 Å². The van der Waals surface area contributed by atoms with Gasteiger partial charge in [0.05, 0.1) is 32.2 Å². The molecule has 1 aromatic rings. The summed E-state index contributed by atoms with van der Waals surface area (Å²) in [5, 5.41) is 10.6. The van der Waals surface area contributed by atoms with E-state index in [4.69, 9.17) is 4.74 Å². The number of unbranched alkanes of at least 4 members (excludes halogenated alkanes) is 1. The molecule has 0 bridgehead atoms. The average Bonchev–Trinajstić information content (AvgIpc) is 2.47. The van der Waals surface area contributed by atoms with Crippen molar-refractivity contribution in [3.05, 3.63) is 29.8 Å². The van der Waals surface area contributed by atoms with Gasteiger partial charge in [0.25, 0.3) is 0 Å². The number of carboxylic acid groups (broad SMARTS) is 1. The quantitative estimate of drug-likeness (QED) is 0.635. The van der Waals surface area contributed by atoms with Crippen LogP contribution in [0.4, 0.5) is 0 Å². The van der Waals surface area contributed by atoms with Crippen molar-refractivity contribution < 1.29 is 19.5 Å². The molecule has 0 saturated carbocycles. The molecule has 4 nitrogen and oxygen atoms in total. The highest BCUT2D eigenvalue weighted by Gasteiger charge is 2.04. The minimum absolute atomic E-state index is 0.179. The summed E-state index contributed by atoms with van der Waals surface area (Å²) in [4.78, 5) is 12.2. The molecular weight excluding hydrogens is 254 g/mol. The molecule has 0 aromatic heterocycles. The summed E-state index contributed by atoms with van der Waals surface area (Å²) in [5.74, 6) is -0.448. The molecule has 20 heavy (non-hydrogen) atoms.